The second-order valence-electron chi connectivity index (χ2n) is 13.8. The third kappa shape index (κ3) is 8.69. The summed E-state index contributed by atoms with van der Waals surface area (Å²) in [6, 6.07) is -1.03. The molecule has 13 nitrogen and oxygen atoms in total. The first-order valence-electron chi connectivity index (χ1n) is 16.2. The van der Waals surface area contributed by atoms with Gasteiger partial charge in [-0.05, 0) is 61.1 Å². The van der Waals surface area contributed by atoms with Crippen LogP contribution in [0.5, 0.6) is 0 Å². The van der Waals surface area contributed by atoms with E-state index in [0.717, 1.165) is 0 Å². The number of ether oxygens (including phenoxy) is 6. The predicted octanol–water partition coefficient (Wildman–Crippen LogP) is 3.48. The van der Waals surface area contributed by atoms with E-state index in [-0.39, 0.29) is 57.8 Å². The first-order chi connectivity index (χ1) is 21.4. The molecule has 0 N–H and O–H groups in total. The molecule has 0 saturated carbocycles. The van der Waals surface area contributed by atoms with Crippen LogP contribution in [-0.2, 0) is 68.0 Å². The van der Waals surface area contributed by atoms with Crippen LogP contribution >= 0.6 is 0 Å². The van der Waals surface area contributed by atoms with Crippen molar-refractivity contribution in [2.45, 2.75) is 129 Å². The van der Waals surface area contributed by atoms with E-state index in [1.54, 1.807) is 48.7 Å². The SMILES string of the molecule is CC[C@H]1OC(=O)[C@H](C)C(=O)[C@H](C)[C@@H](O[C@@H]2O[C@H](C)C[C@H](N(C)C)[C@H]2OC)[C@@](C)(OCC=O)C[C@@H](C)C(=O)[C@H](C)[C@H]2[N-]C(=O)O[C@@]21C.[Re]. The first-order valence-corrected chi connectivity index (χ1v) is 16.2. The molecule has 0 unspecified atom stereocenters. The van der Waals surface area contributed by atoms with Gasteiger partial charge in [-0.2, -0.15) is 0 Å². The van der Waals surface area contributed by atoms with Crippen molar-refractivity contribution < 1.29 is 72.8 Å². The van der Waals surface area contributed by atoms with Gasteiger partial charge in [0.1, 0.15) is 42.4 Å². The van der Waals surface area contributed by atoms with Crippen molar-refractivity contribution in [3.8, 4) is 0 Å². The molecule has 0 bridgehead atoms. The molecule has 3 aliphatic heterocycles. The van der Waals surface area contributed by atoms with Crippen molar-refractivity contribution in [3.05, 3.63) is 5.32 Å². The molecule has 3 rings (SSSR count). The number of rotatable bonds is 8. The van der Waals surface area contributed by atoms with Crippen LogP contribution in [0, 0.1) is 23.7 Å². The van der Waals surface area contributed by atoms with E-state index in [9.17, 15) is 24.0 Å². The van der Waals surface area contributed by atoms with Gasteiger partial charge in [-0.25, -0.2) is 0 Å². The third-order valence-corrected chi connectivity index (χ3v) is 10.1. The van der Waals surface area contributed by atoms with Crippen molar-refractivity contribution in [1.82, 2.24) is 4.90 Å². The minimum atomic E-state index is -1.43. The topological polar surface area (TPSA) is 158 Å². The molecule has 3 aliphatic rings. The molecule has 1 radical (unpaired) electrons. The fourth-order valence-electron chi connectivity index (χ4n) is 7.52. The molecule has 14 heteroatoms. The van der Waals surface area contributed by atoms with Gasteiger partial charge in [0.2, 0.25) is 6.09 Å². The van der Waals surface area contributed by atoms with E-state index in [4.69, 9.17) is 28.4 Å². The van der Waals surface area contributed by atoms with Crippen LogP contribution < -0.4 is 0 Å². The number of hydrogen-bond acceptors (Lipinski definition) is 12. The number of aldehydes is 1. The van der Waals surface area contributed by atoms with E-state index in [0.29, 0.717) is 12.7 Å². The number of hydrogen-bond donors (Lipinski definition) is 0. The first kappa shape index (κ1) is 41.4. The summed E-state index contributed by atoms with van der Waals surface area (Å²) < 4.78 is 36.5. The second-order valence-corrected chi connectivity index (χ2v) is 13.8. The molecule has 0 aliphatic carbocycles. The summed E-state index contributed by atoms with van der Waals surface area (Å²) in [5.41, 5.74) is -2.83. The smallest absolute Gasteiger partial charge is 0.316 e. The number of methoxy groups -OCH3 is 1. The van der Waals surface area contributed by atoms with Gasteiger partial charge < -0.3 is 43.4 Å². The molecule has 269 valence electrons. The zero-order chi connectivity index (χ0) is 34.7. The number of cyclic esters (lactones) is 1. The fraction of sp³-hybridized carbons (Fsp3) is 0.848. The van der Waals surface area contributed by atoms with Gasteiger partial charge in [0.25, 0.3) is 0 Å². The van der Waals surface area contributed by atoms with Gasteiger partial charge in [-0.15, -0.1) is 0 Å². The molecule has 3 fully saturated rings. The van der Waals surface area contributed by atoms with Crippen LogP contribution in [-0.4, -0.2) is 117 Å². The van der Waals surface area contributed by atoms with E-state index < -0.39 is 83.4 Å². The van der Waals surface area contributed by atoms with Gasteiger partial charge in [-0.1, -0.05) is 33.7 Å². The van der Waals surface area contributed by atoms with Gasteiger partial charge in [0, 0.05) is 51.3 Å². The molecule has 47 heavy (non-hydrogen) atoms. The van der Waals surface area contributed by atoms with Crippen molar-refractivity contribution in [1.29, 1.82) is 0 Å². The summed E-state index contributed by atoms with van der Waals surface area (Å²) in [6.07, 6.45) is -3.07. The van der Waals surface area contributed by atoms with Gasteiger partial charge in [0.05, 0.1) is 17.8 Å². The van der Waals surface area contributed by atoms with E-state index in [1.807, 2.05) is 25.9 Å². The molecule has 3 saturated heterocycles. The van der Waals surface area contributed by atoms with E-state index in [2.05, 4.69) is 5.32 Å². The minimum absolute atomic E-state index is 0. The van der Waals surface area contributed by atoms with Crippen molar-refractivity contribution in [2.75, 3.05) is 27.8 Å². The largest absolute Gasteiger partial charge is 0.611 e. The van der Waals surface area contributed by atoms with Gasteiger partial charge >= 0.3 is 5.97 Å². The minimum Gasteiger partial charge on any atom is -0.611 e. The zero-order valence-corrected chi connectivity index (χ0v) is 32.2. The number of ketones is 2. The Hall–Kier alpha value is -1.79. The Morgan fingerprint density at radius 3 is 2.21 bits per heavy atom. The maximum absolute atomic E-state index is 14.1. The van der Waals surface area contributed by atoms with Gasteiger partial charge in [-0.3, -0.25) is 19.2 Å². The summed E-state index contributed by atoms with van der Waals surface area (Å²) in [5.74, 6) is -5.27. The Balaban J connectivity index is 0.00000768. The van der Waals surface area contributed by atoms with Crippen LogP contribution in [0.4, 0.5) is 4.79 Å². The molecule has 0 aromatic rings. The third-order valence-electron chi connectivity index (χ3n) is 10.1. The number of carbonyl (C=O) groups excluding carboxylic acids is 5. The average molecular weight is 840 g/mol. The summed E-state index contributed by atoms with van der Waals surface area (Å²) in [5, 5.41) is 4.13. The van der Waals surface area contributed by atoms with Gasteiger partial charge in [0.15, 0.2) is 12.1 Å². The fourth-order valence-corrected chi connectivity index (χ4v) is 7.52. The molecular formula is C33H53N2O11Re-. The Kier molecular flexibility index (Phi) is 14.7. The monoisotopic (exact) mass is 840 g/mol. The second kappa shape index (κ2) is 16.7. The average Bonchev–Trinajstić information content (AvgIpc) is 3.32. The van der Waals surface area contributed by atoms with Crippen LogP contribution in [0.2, 0.25) is 0 Å². The number of esters is 1. The number of Topliss-reactive ketones (excluding diaryl/α,β-unsaturated/α-hetero) is 2. The quantitative estimate of drug-likeness (QED) is 0.200. The number of likely N-dealkylation sites (N-methyl/N-ethyl adjacent to an activating group) is 1. The van der Waals surface area contributed by atoms with Crippen molar-refractivity contribution in [3.63, 3.8) is 0 Å². The molecule has 0 aromatic carbocycles. The normalized spacial score (nSPS) is 42.0. The predicted molar refractivity (Wildman–Crippen MR) is 166 cm³/mol. The summed E-state index contributed by atoms with van der Waals surface area (Å²) in [6.45, 7) is 13.1. The van der Waals surface area contributed by atoms with E-state index in [1.165, 1.54) is 6.92 Å². The molecule has 3 heterocycles. The van der Waals surface area contributed by atoms with Crippen LogP contribution in [0.3, 0.4) is 0 Å². The molecule has 0 spiro atoms. The maximum atomic E-state index is 14.1. The van der Waals surface area contributed by atoms with Crippen LogP contribution in [0.15, 0.2) is 0 Å². The Morgan fingerprint density at radius 1 is 1.02 bits per heavy atom. The molecule has 0 aromatic heterocycles. The summed E-state index contributed by atoms with van der Waals surface area (Å²) in [4.78, 5) is 67.9. The van der Waals surface area contributed by atoms with E-state index >= 15 is 0 Å². The Labute approximate surface area is 292 Å². The summed E-state index contributed by atoms with van der Waals surface area (Å²) in [7, 11) is 5.42. The molecule has 1 amide bonds. The Bertz CT molecular complexity index is 1140. The summed E-state index contributed by atoms with van der Waals surface area (Å²) >= 11 is 0. The number of amides is 1. The van der Waals surface area contributed by atoms with Crippen LogP contribution in [0.25, 0.3) is 5.32 Å². The number of nitrogens with zero attached hydrogens (tertiary/aromatic N) is 2. The Morgan fingerprint density at radius 2 is 1.66 bits per heavy atom. The van der Waals surface area contributed by atoms with Crippen molar-refractivity contribution >= 4 is 29.9 Å². The zero-order valence-electron chi connectivity index (χ0n) is 29.5. The number of fused-ring (bicyclic) bond motifs is 1. The standard InChI is InChI=1S/C33H54N2O11.Re/c1-12-23-33(8)27(34-31(40)46-33)19(4)24(37)17(2)16-32(7,42-14-13-36)28(20(5)25(38)21(6)29(39)44-23)45-30-26(41-11)22(35(9)10)15-18(3)43-30;/h13,17-23,26-28,30H,12,14-16H2,1-11H3,(H,34,40);/p-1/t17-,18-,19+,20+,21-,22+,23-,26-,27-,28-,30+,32+,33-;/m1./s1. The molecular weight excluding hydrogens is 787 g/mol. The number of carbonyl (C=O) groups is 5. The maximum Gasteiger partial charge on any atom is 0.316 e. The molecule has 13 atom stereocenters. The van der Waals surface area contributed by atoms with Crippen LogP contribution in [0.1, 0.15) is 74.7 Å². The van der Waals surface area contributed by atoms with Crippen molar-refractivity contribution in [2.24, 2.45) is 23.7 Å².